The Balaban J connectivity index is 1.99. The normalized spacial score (nSPS) is 28.2. The number of morpholine rings is 1. The summed E-state index contributed by atoms with van der Waals surface area (Å²) in [6.07, 6.45) is 7.71. The van der Waals surface area contributed by atoms with Gasteiger partial charge in [0.15, 0.2) is 0 Å². The van der Waals surface area contributed by atoms with Gasteiger partial charge in [0.25, 0.3) is 0 Å². The summed E-state index contributed by atoms with van der Waals surface area (Å²) in [7, 11) is 0. The van der Waals surface area contributed by atoms with Gasteiger partial charge >= 0.3 is 0 Å². The molecule has 0 aromatic rings. The number of rotatable bonds is 8. The van der Waals surface area contributed by atoms with Crippen LogP contribution in [0.15, 0.2) is 0 Å². The fraction of sp³-hybridized carbons (Fsp3) is 1.00. The van der Waals surface area contributed by atoms with Crippen LogP contribution in [0.5, 0.6) is 0 Å². The van der Waals surface area contributed by atoms with E-state index in [9.17, 15) is 0 Å². The topological polar surface area (TPSA) is 24.9 Å². The molecule has 0 amide bonds. The number of ether oxygens (including phenoxy) is 2. The Morgan fingerprint density at radius 2 is 1.52 bits per heavy atom. The molecule has 2 rings (SSSR count). The highest BCUT2D eigenvalue weighted by Crippen LogP contribution is 2.22. The van der Waals surface area contributed by atoms with Crippen LogP contribution in [0.25, 0.3) is 0 Å². The summed E-state index contributed by atoms with van der Waals surface area (Å²) in [6.45, 7) is 17.7. The quantitative estimate of drug-likeness (QED) is 0.659. The number of hydrogen-bond acceptors (Lipinski definition) is 4. The van der Waals surface area contributed by atoms with Gasteiger partial charge in [-0.05, 0) is 54.4 Å². The van der Waals surface area contributed by atoms with Gasteiger partial charge in [0.05, 0.1) is 24.9 Å². The molecule has 4 nitrogen and oxygen atoms in total. The molecule has 25 heavy (non-hydrogen) atoms. The molecule has 0 aromatic carbocycles. The maximum atomic E-state index is 6.42. The molecule has 1 saturated carbocycles. The summed E-state index contributed by atoms with van der Waals surface area (Å²) in [4.78, 5) is 5.24. The van der Waals surface area contributed by atoms with Crippen molar-refractivity contribution < 1.29 is 9.47 Å². The van der Waals surface area contributed by atoms with Crippen molar-refractivity contribution in [1.29, 1.82) is 0 Å². The predicted molar refractivity (Wildman–Crippen MR) is 105 cm³/mol. The van der Waals surface area contributed by atoms with Gasteiger partial charge in [-0.2, -0.15) is 0 Å². The predicted octanol–water partition coefficient (Wildman–Crippen LogP) is 3.93. The minimum absolute atomic E-state index is 0.329. The molecule has 0 radical (unpaired) electrons. The summed E-state index contributed by atoms with van der Waals surface area (Å²) < 4.78 is 12.3. The van der Waals surface area contributed by atoms with Crippen molar-refractivity contribution in [3.05, 3.63) is 0 Å². The van der Waals surface area contributed by atoms with Crippen molar-refractivity contribution in [3.63, 3.8) is 0 Å². The average molecular weight is 355 g/mol. The zero-order valence-corrected chi connectivity index (χ0v) is 17.5. The van der Waals surface area contributed by atoms with E-state index in [4.69, 9.17) is 9.47 Å². The zero-order chi connectivity index (χ0) is 18.4. The minimum Gasteiger partial charge on any atom is -0.377 e. The third kappa shape index (κ3) is 6.82. The van der Waals surface area contributed by atoms with Crippen LogP contribution in [-0.2, 0) is 9.47 Å². The Bertz CT molecular complexity index is 351. The Kier molecular flexibility index (Phi) is 8.67. The first-order valence-electron chi connectivity index (χ1n) is 10.6. The molecular formula is C21H42N2O2. The van der Waals surface area contributed by atoms with E-state index in [1.165, 1.54) is 32.1 Å². The van der Waals surface area contributed by atoms with Crippen LogP contribution in [0, 0.1) is 0 Å². The Morgan fingerprint density at radius 1 is 0.960 bits per heavy atom. The first-order valence-corrected chi connectivity index (χ1v) is 10.6. The summed E-state index contributed by atoms with van der Waals surface area (Å²) in [5.74, 6) is 0. The molecule has 0 bridgehead atoms. The summed E-state index contributed by atoms with van der Waals surface area (Å²) in [5, 5.41) is 0. The third-order valence-corrected chi connectivity index (χ3v) is 5.65. The molecule has 3 unspecified atom stereocenters. The second-order valence-corrected chi connectivity index (χ2v) is 8.86. The molecule has 0 spiro atoms. The van der Waals surface area contributed by atoms with Gasteiger partial charge < -0.3 is 9.47 Å². The molecular weight excluding hydrogens is 312 g/mol. The monoisotopic (exact) mass is 354 g/mol. The third-order valence-electron chi connectivity index (χ3n) is 5.65. The van der Waals surface area contributed by atoms with E-state index >= 15 is 0 Å². The van der Waals surface area contributed by atoms with Crippen molar-refractivity contribution in [1.82, 2.24) is 9.80 Å². The molecule has 1 aliphatic carbocycles. The molecule has 4 heteroatoms. The first kappa shape index (κ1) is 21.1. The molecule has 0 aromatic heterocycles. The zero-order valence-electron chi connectivity index (χ0n) is 17.5. The maximum Gasteiger partial charge on any atom is 0.0678 e. The Morgan fingerprint density at radius 3 is 2.04 bits per heavy atom. The molecule has 1 aliphatic heterocycles. The second-order valence-electron chi connectivity index (χ2n) is 8.86. The SMILES string of the molecule is CC1CN(CC(COC2CCCCC2)N(C(C)C)C(C)C)CC(C)O1. The van der Waals surface area contributed by atoms with Crippen LogP contribution < -0.4 is 0 Å². The fourth-order valence-corrected chi connectivity index (χ4v) is 4.88. The van der Waals surface area contributed by atoms with Crippen LogP contribution in [0.4, 0.5) is 0 Å². The van der Waals surface area contributed by atoms with Crippen molar-refractivity contribution in [2.75, 3.05) is 26.2 Å². The van der Waals surface area contributed by atoms with Gasteiger partial charge in [-0.25, -0.2) is 0 Å². The average Bonchev–Trinajstić information content (AvgIpc) is 2.52. The van der Waals surface area contributed by atoms with Crippen LogP contribution in [0.1, 0.15) is 73.6 Å². The summed E-state index contributed by atoms with van der Waals surface area (Å²) in [6, 6.07) is 1.53. The maximum absolute atomic E-state index is 6.42. The van der Waals surface area contributed by atoms with E-state index in [0.29, 0.717) is 36.4 Å². The molecule has 148 valence electrons. The molecule has 2 aliphatic rings. The highest BCUT2D eigenvalue weighted by molar-refractivity contribution is 4.84. The van der Waals surface area contributed by atoms with E-state index in [2.05, 4.69) is 51.3 Å². The molecule has 3 atom stereocenters. The minimum atomic E-state index is 0.329. The lowest BCUT2D eigenvalue weighted by Crippen LogP contribution is -2.56. The first-order chi connectivity index (χ1) is 11.9. The van der Waals surface area contributed by atoms with Gasteiger partial charge in [0, 0.05) is 37.8 Å². The van der Waals surface area contributed by atoms with E-state index in [1.807, 2.05) is 0 Å². The largest absolute Gasteiger partial charge is 0.377 e. The second kappa shape index (κ2) is 10.2. The molecule has 1 heterocycles. The number of nitrogens with zero attached hydrogens (tertiary/aromatic N) is 2. The highest BCUT2D eigenvalue weighted by Gasteiger charge is 2.30. The molecule has 2 fully saturated rings. The van der Waals surface area contributed by atoms with Crippen LogP contribution in [-0.4, -0.2) is 72.5 Å². The Hall–Kier alpha value is -0.160. The van der Waals surface area contributed by atoms with E-state index < -0.39 is 0 Å². The standard InChI is InChI=1S/C21H42N2O2/c1-16(2)23(17(3)4)20(15-24-21-10-8-7-9-11-21)14-22-12-18(5)25-19(6)13-22/h16-21H,7-15H2,1-6H3. The lowest BCUT2D eigenvalue weighted by molar-refractivity contribution is -0.0855. The van der Waals surface area contributed by atoms with Crippen molar-refractivity contribution >= 4 is 0 Å². The Labute approximate surface area is 156 Å². The fourth-order valence-electron chi connectivity index (χ4n) is 4.88. The van der Waals surface area contributed by atoms with Crippen molar-refractivity contribution in [2.45, 2.75) is 110 Å². The summed E-state index contributed by atoms with van der Waals surface area (Å²) >= 11 is 0. The summed E-state index contributed by atoms with van der Waals surface area (Å²) in [5.41, 5.74) is 0. The lowest BCUT2D eigenvalue weighted by atomic mass is 9.98. The molecule has 1 saturated heterocycles. The van der Waals surface area contributed by atoms with Crippen LogP contribution in [0.2, 0.25) is 0 Å². The number of hydrogen-bond donors (Lipinski definition) is 0. The van der Waals surface area contributed by atoms with Crippen LogP contribution >= 0.6 is 0 Å². The van der Waals surface area contributed by atoms with Crippen molar-refractivity contribution in [3.8, 4) is 0 Å². The van der Waals surface area contributed by atoms with Crippen LogP contribution in [0.3, 0.4) is 0 Å². The van der Waals surface area contributed by atoms with E-state index in [0.717, 1.165) is 26.2 Å². The van der Waals surface area contributed by atoms with Gasteiger partial charge in [-0.15, -0.1) is 0 Å². The van der Waals surface area contributed by atoms with Gasteiger partial charge in [0.1, 0.15) is 0 Å². The molecule has 0 N–H and O–H groups in total. The van der Waals surface area contributed by atoms with Gasteiger partial charge in [-0.3, -0.25) is 9.80 Å². The van der Waals surface area contributed by atoms with Gasteiger partial charge in [-0.1, -0.05) is 19.3 Å². The lowest BCUT2D eigenvalue weighted by Gasteiger charge is -2.43. The smallest absolute Gasteiger partial charge is 0.0678 e. The van der Waals surface area contributed by atoms with Gasteiger partial charge in [0.2, 0.25) is 0 Å². The highest BCUT2D eigenvalue weighted by atomic mass is 16.5. The van der Waals surface area contributed by atoms with Crippen molar-refractivity contribution in [2.24, 2.45) is 0 Å². The van der Waals surface area contributed by atoms with E-state index in [1.54, 1.807) is 0 Å². The van der Waals surface area contributed by atoms with E-state index in [-0.39, 0.29) is 0 Å².